The number of thioether (sulfide) groups is 1. The number of hydrogen-bond acceptors (Lipinski definition) is 3. The minimum atomic E-state index is 0.217. The Morgan fingerprint density at radius 1 is 1.08 bits per heavy atom. The molecular formula is C20H23N3OS2. The van der Waals surface area contributed by atoms with Crippen molar-refractivity contribution in [1.82, 2.24) is 10.6 Å². The summed E-state index contributed by atoms with van der Waals surface area (Å²) in [6.45, 7) is 2.32. The van der Waals surface area contributed by atoms with Gasteiger partial charge in [0.05, 0.1) is 0 Å². The van der Waals surface area contributed by atoms with Crippen LogP contribution in [0.25, 0.3) is 0 Å². The quantitative estimate of drug-likeness (QED) is 0.433. The summed E-state index contributed by atoms with van der Waals surface area (Å²) < 4.78 is 0. The molecule has 0 atom stereocenters. The maximum absolute atomic E-state index is 11.8. The molecule has 1 aliphatic heterocycles. The van der Waals surface area contributed by atoms with E-state index in [4.69, 9.17) is 12.2 Å². The number of carbonyl (C=O) groups is 1. The molecule has 0 unspecified atom stereocenters. The van der Waals surface area contributed by atoms with Gasteiger partial charge >= 0.3 is 0 Å². The van der Waals surface area contributed by atoms with Crippen LogP contribution in [0.5, 0.6) is 0 Å². The summed E-state index contributed by atoms with van der Waals surface area (Å²) in [5.41, 5.74) is 2.12. The van der Waals surface area contributed by atoms with E-state index in [-0.39, 0.29) is 5.91 Å². The number of anilines is 1. The summed E-state index contributed by atoms with van der Waals surface area (Å²) in [6.07, 6.45) is 1.61. The van der Waals surface area contributed by atoms with E-state index in [9.17, 15) is 4.79 Å². The largest absolute Gasteiger partial charge is 0.362 e. The van der Waals surface area contributed by atoms with Crippen molar-refractivity contribution in [3.05, 3.63) is 60.2 Å². The van der Waals surface area contributed by atoms with E-state index in [1.165, 1.54) is 4.90 Å². The molecule has 0 radical (unpaired) electrons. The number of thiocarbonyl (C=S) groups is 1. The zero-order valence-electron chi connectivity index (χ0n) is 14.6. The molecule has 136 valence electrons. The van der Waals surface area contributed by atoms with Crippen molar-refractivity contribution >= 4 is 40.7 Å². The van der Waals surface area contributed by atoms with Crippen LogP contribution in [0.15, 0.2) is 59.5 Å². The zero-order valence-corrected chi connectivity index (χ0v) is 16.2. The molecule has 1 fully saturated rings. The topological polar surface area (TPSA) is 44.4 Å². The van der Waals surface area contributed by atoms with Crippen molar-refractivity contribution < 1.29 is 4.79 Å². The SMILES string of the molecule is O=C1CCCN1c1ccc(CNC(=S)NCCSc2ccccc2)cc1. The summed E-state index contributed by atoms with van der Waals surface area (Å²) in [6, 6.07) is 18.4. The first-order chi connectivity index (χ1) is 12.7. The Morgan fingerprint density at radius 3 is 2.54 bits per heavy atom. The fourth-order valence-corrected chi connectivity index (χ4v) is 3.77. The first-order valence-electron chi connectivity index (χ1n) is 8.81. The highest BCUT2D eigenvalue weighted by Crippen LogP contribution is 2.21. The van der Waals surface area contributed by atoms with Gasteiger partial charge in [-0.15, -0.1) is 11.8 Å². The molecular weight excluding hydrogens is 362 g/mol. The van der Waals surface area contributed by atoms with Crippen LogP contribution in [0.3, 0.4) is 0 Å². The molecule has 1 heterocycles. The fourth-order valence-electron chi connectivity index (χ4n) is 2.81. The standard InChI is InChI=1S/C20H23N3OS2/c24-19-7-4-13-23(19)17-10-8-16(9-11-17)15-22-20(25)21-12-14-26-18-5-2-1-3-6-18/h1-3,5-6,8-11H,4,7,12-15H2,(H2,21,22,25). The van der Waals surface area contributed by atoms with Crippen LogP contribution < -0.4 is 15.5 Å². The molecule has 2 N–H and O–H groups in total. The van der Waals surface area contributed by atoms with Gasteiger partial charge in [-0.3, -0.25) is 4.79 Å². The molecule has 2 aromatic carbocycles. The van der Waals surface area contributed by atoms with Crippen molar-refractivity contribution in [2.45, 2.75) is 24.3 Å². The first-order valence-corrected chi connectivity index (χ1v) is 10.2. The minimum absolute atomic E-state index is 0.217. The van der Waals surface area contributed by atoms with Crippen LogP contribution in [-0.4, -0.2) is 29.9 Å². The van der Waals surface area contributed by atoms with E-state index in [0.717, 1.165) is 36.5 Å². The lowest BCUT2D eigenvalue weighted by Gasteiger charge is -2.16. The summed E-state index contributed by atoms with van der Waals surface area (Å²) in [5, 5.41) is 7.12. The summed E-state index contributed by atoms with van der Waals surface area (Å²) in [7, 11) is 0. The smallest absolute Gasteiger partial charge is 0.227 e. The highest BCUT2D eigenvalue weighted by molar-refractivity contribution is 7.99. The lowest BCUT2D eigenvalue weighted by Crippen LogP contribution is -2.36. The van der Waals surface area contributed by atoms with Gasteiger partial charge in [0.2, 0.25) is 5.91 Å². The number of nitrogens with one attached hydrogen (secondary N) is 2. The molecule has 3 rings (SSSR count). The molecule has 2 aromatic rings. The lowest BCUT2D eigenvalue weighted by molar-refractivity contribution is -0.117. The molecule has 0 aliphatic carbocycles. The van der Waals surface area contributed by atoms with Crippen molar-refractivity contribution in [1.29, 1.82) is 0 Å². The van der Waals surface area contributed by atoms with Crippen LogP contribution in [0.1, 0.15) is 18.4 Å². The Bertz CT molecular complexity index is 734. The average Bonchev–Trinajstić information content (AvgIpc) is 3.11. The molecule has 1 saturated heterocycles. The zero-order chi connectivity index (χ0) is 18.2. The van der Waals surface area contributed by atoms with Gasteiger partial charge in [0.15, 0.2) is 5.11 Å². The van der Waals surface area contributed by atoms with Crippen LogP contribution in [0, 0.1) is 0 Å². The average molecular weight is 386 g/mol. The Kier molecular flexibility index (Phi) is 6.91. The minimum Gasteiger partial charge on any atom is -0.362 e. The molecule has 6 heteroatoms. The predicted octanol–water partition coefficient (Wildman–Crippen LogP) is 3.57. The van der Waals surface area contributed by atoms with E-state index in [2.05, 4.69) is 22.8 Å². The van der Waals surface area contributed by atoms with Gasteiger partial charge in [-0.25, -0.2) is 0 Å². The lowest BCUT2D eigenvalue weighted by atomic mass is 10.2. The normalized spacial score (nSPS) is 13.7. The van der Waals surface area contributed by atoms with Gasteiger partial charge in [-0.05, 0) is 48.5 Å². The summed E-state index contributed by atoms with van der Waals surface area (Å²) >= 11 is 7.14. The van der Waals surface area contributed by atoms with E-state index in [1.807, 2.05) is 59.1 Å². The molecule has 26 heavy (non-hydrogen) atoms. The third-order valence-electron chi connectivity index (χ3n) is 4.17. The van der Waals surface area contributed by atoms with E-state index in [0.29, 0.717) is 18.1 Å². The predicted molar refractivity (Wildman–Crippen MR) is 113 cm³/mol. The monoisotopic (exact) mass is 385 g/mol. The van der Waals surface area contributed by atoms with E-state index < -0.39 is 0 Å². The molecule has 4 nitrogen and oxygen atoms in total. The first kappa shape index (κ1) is 18.7. The third kappa shape index (κ3) is 5.47. The van der Waals surface area contributed by atoms with Crippen molar-refractivity contribution in [3.63, 3.8) is 0 Å². The van der Waals surface area contributed by atoms with Gasteiger partial charge in [0.1, 0.15) is 0 Å². The molecule has 0 aromatic heterocycles. The van der Waals surface area contributed by atoms with Gasteiger partial charge < -0.3 is 15.5 Å². The van der Waals surface area contributed by atoms with Gasteiger partial charge in [-0.2, -0.15) is 0 Å². The van der Waals surface area contributed by atoms with Gasteiger partial charge in [0.25, 0.3) is 0 Å². The Labute approximate surface area is 164 Å². The maximum Gasteiger partial charge on any atom is 0.227 e. The number of hydrogen-bond donors (Lipinski definition) is 2. The third-order valence-corrected chi connectivity index (χ3v) is 5.48. The second-order valence-electron chi connectivity index (χ2n) is 6.09. The molecule has 0 saturated carbocycles. The van der Waals surface area contributed by atoms with Crippen molar-refractivity contribution in [2.24, 2.45) is 0 Å². The summed E-state index contributed by atoms with van der Waals surface area (Å²) in [4.78, 5) is 14.9. The molecule has 0 spiro atoms. The van der Waals surface area contributed by atoms with Gasteiger partial charge in [0, 0.05) is 42.4 Å². The van der Waals surface area contributed by atoms with Crippen LogP contribution >= 0.6 is 24.0 Å². The second-order valence-corrected chi connectivity index (χ2v) is 7.66. The molecule has 1 amide bonds. The Hall–Kier alpha value is -2.05. The molecule has 0 bridgehead atoms. The maximum atomic E-state index is 11.8. The Morgan fingerprint density at radius 2 is 1.85 bits per heavy atom. The highest BCUT2D eigenvalue weighted by atomic mass is 32.2. The van der Waals surface area contributed by atoms with Crippen LogP contribution in [0.2, 0.25) is 0 Å². The second kappa shape index (κ2) is 9.59. The summed E-state index contributed by atoms with van der Waals surface area (Å²) in [5.74, 6) is 1.18. The Balaban J connectivity index is 1.35. The van der Waals surface area contributed by atoms with Gasteiger partial charge in [-0.1, -0.05) is 30.3 Å². The number of benzene rings is 2. The number of amides is 1. The van der Waals surface area contributed by atoms with E-state index >= 15 is 0 Å². The number of rotatable bonds is 7. The highest BCUT2D eigenvalue weighted by Gasteiger charge is 2.21. The fraction of sp³-hybridized carbons (Fsp3) is 0.300. The van der Waals surface area contributed by atoms with Crippen LogP contribution in [-0.2, 0) is 11.3 Å². The number of nitrogens with zero attached hydrogens (tertiary/aromatic N) is 1. The van der Waals surface area contributed by atoms with Crippen LogP contribution in [0.4, 0.5) is 5.69 Å². The van der Waals surface area contributed by atoms with E-state index in [1.54, 1.807) is 0 Å². The molecule has 1 aliphatic rings. The van der Waals surface area contributed by atoms with Crippen molar-refractivity contribution in [3.8, 4) is 0 Å². The van der Waals surface area contributed by atoms with Crippen molar-refractivity contribution in [2.75, 3.05) is 23.7 Å². The number of carbonyl (C=O) groups excluding carboxylic acids is 1.